The molecule has 0 aliphatic rings. The van der Waals surface area contributed by atoms with Crippen molar-refractivity contribution in [1.82, 2.24) is 0 Å². The summed E-state index contributed by atoms with van der Waals surface area (Å²) in [7, 11) is 0. The van der Waals surface area contributed by atoms with E-state index in [0.717, 1.165) is 10.9 Å². The lowest BCUT2D eigenvalue weighted by atomic mass is 10.1. The minimum atomic E-state index is 0.176. The summed E-state index contributed by atoms with van der Waals surface area (Å²) < 4.78 is 10.4. The molecule has 0 spiro atoms. The van der Waals surface area contributed by atoms with Crippen LogP contribution in [0.15, 0.2) is 60.7 Å². The molecule has 0 aliphatic carbocycles. The van der Waals surface area contributed by atoms with Gasteiger partial charge in [0.25, 0.3) is 0 Å². The van der Waals surface area contributed by atoms with Gasteiger partial charge in [0.05, 0.1) is 0 Å². The highest BCUT2D eigenvalue weighted by atomic mass is 127. The minimum Gasteiger partial charge on any atom is -0.507 e. The molecule has 0 aromatic heterocycles. The van der Waals surface area contributed by atoms with Crippen molar-refractivity contribution in [2.75, 3.05) is 0 Å². The van der Waals surface area contributed by atoms with Gasteiger partial charge in [-0.3, -0.25) is 0 Å². The van der Waals surface area contributed by atoms with Gasteiger partial charge in [-0.1, -0.05) is 36.4 Å². The maximum Gasteiger partial charge on any atom is 0.192 e. The lowest BCUT2D eigenvalue weighted by molar-refractivity contribution is 0.514. The van der Waals surface area contributed by atoms with Crippen molar-refractivity contribution in [3.05, 3.63) is 71.8 Å². The molecule has 5 heteroatoms. The van der Waals surface area contributed by atoms with Crippen molar-refractivity contribution in [3.8, 4) is 11.5 Å². The van der Waals surface area contributed by atoms with E-state index in [2.05, 4.69) is 12.1 Å². The Bertz CT molecular complexity index is 875. The molecule has 1 N–H and O–H groups in total. The Balaban J connectivity index is 1.97. The van der Waals surface area contributed by atoms with E-state index in [-0.39, 0.29) is 5.76 Å². The van der Waals surface area contributed by atoms with Crippen LogP contribution in [0, 0.1) is 0 Å². The largest absolute Gasteiger partial charge is 0.507 e. The molecule has 116 valence electrons. The van der Waals surface area contributed by atoms with Crippen molar-refractivity contribution < 1.29 is 11.2 Å². The van der Waals surface area contributed by atoms with Gasteiger partial charge in [0.2, 0.25) is 0 Å². The highest BCUT2D eigenvalue weighted by Gasteiger charge is 2.08. The van der Waals surface area contributed by atoms with Gasteiger partial charge >= 0.3 is 0 Å². The molecular formula is C18H12I2O3. The second-order valence-corrected chi connectivity index (χ2v) is 5.83. The van der Waals surface area contributed by atoms with E-state index in [1.807, 2.05) is 30.3 Å². The molecule has 3 rings (SSSR count). The van der Waals surface area contributed by atoms with Crippen LogP contribution in [-0.4, -0.2) is 5.11 Å². The monoisotopic (exact) mass is 530 g/mol. The van der Waals surface area contributed by atoms with Crippen molar-refractivity contribution in [1.29, 1.82) is 0 Å². The Kier molecular flexibility index (Phi) is 5.27. The molecule has 0 heterocycles. The lowest BCUT2D eigenvalue weighted by Gasteiger charge is -2.07. The van der Waals surface area contributed by atoms with Crippen LogP contribution in [-0.2, 0) is 0 Å². The summed E-state index contributed by atoms with van der Waals surface area (Å²) in [4.78, 5) is 0. The first-order valence-electron chi connectivity index (χ1n) is 6.82. The minimum absolute atomic E-state index is 0.176. The Morgan fingerprint density at radius 3 is 2.30 bits per heavy atom. The van der Waals surface area contributed by atoms with Gasteiger partial charge in [-0.05, 0) is 46.7 Å². The van der Waals surface area contributed by atoms with Crippen LogP contribution in [0.1, 0.15) is 11.1 Å². The van der Waals surface area contributed by atoms with Gasteiger partial charge in [0.15, 0.2) is 57.5 Å². The van der Waals surface area contributed by atoms with Crippen molar-refractivity contribution >= 4 is 68.6 Å². The Hall–Kier alpha value is -1.48. The quantitative estimate of drug-likeness (QED) is 0.243. The summed E-state index contributed by atoms with van der Waals surface area (Å²) in [5, 5.41) is 12.7. The fraction of sp³-hybridized carbons (Fsp3) is 0. The number of benzene rings is 3. The average molecular weight is 530 g/mol. The highest BCUT2D eigenvalue weighted by molar-refractivity contribution is 14.1. The molecule has 0 fully saturated rings. The van der Waals surface area contributed by atoms with E-state index >= 15 is 0 Å². The third-order valence-electron chi connectivity index (χ3n) is 3.48. The Labute approximate surface area is 162 Å². The fourth-order valence-corrected chi connectivity index (χ4v) is 3.04. The highest BCUT2D eigenvalue weighted by Crippen LogP contribution is 2.33. The molecule has 23 heavy (non-hydrogen) atoms. The number of aliphatic hydroxyl groups is 1. The molecule has 3 aromatic carbocycles. The molecule has 0 saturated heterocycles. The van der Waals surface area contributed by atoms with E-state index in [9.17, 15) is 5.11 Å². The van der Waals surface area contributed by atoms with Crippen molar-refractivity contribution in [2.24, 2.45) is 0 Å². The van der Waals surface area contributed by atoms with Crippen LogP contribution < -0.4 is 6.13 Å². The summed E-state index contributed by atoms with van der Waals surface area (Å²) in [5.74, 6) is 1.35. The van der Waals surface area contributed by atoms with Gasteiger partial charge in [-0.2, -0.15) is 0 Å². The second kappa shape index (κ2) is 7.39. The van der Waals surface area contributed by atoms with Crippen LogP contribution in [0.4, 0.5) is 0 Å². The van der Waals surface area contributed by atoms with Gasteiger partial charge < -0.3 is 11.2 Å². The maximum absolute atomic E-state index is 10.4. The van der Waals surface area contributed by atoms with Crippen molar-refractivity contribution in [2.45, 2.75) is 0 Å². The van der Waals surface area contributed by atoms with Crippen LogP contribution in [0.5, 0.6) is 11.5 Å². The lowest BCUT2D eigenvalue weighted by Crippen LogP contribution is -1.87. The van der Waals surface area contributed by atoms with Crippen LogP contribution in [0.3, 0.4) is 0 Å². The van der Waals surface area contributed by atoms with E-state index < -0.39 is 0 Å². The number of aliphatic hydroxyl groups excluding tert-OH is 1. The van der Waals surface area contributed by atoms with E-state index in [0.29, 0.717) is 17.1 Å². The van der Waals surface area contributed by atoms with Crippen LogP contribution in [0.2, 0.25) is 0 Å². The number of rotatable bonds is 4. The summed E-state index contributed by atoms with van der Waals surface area (Å²) in [6, 6.07) is 19.5. The summed E-state index contributed by atoms with van der Waals surface area (Å²) in [6.45, 7) is 0. The average Bonchev–Trinajstić information content (AvgIpc) is 2.60. The van der Waals surface area contributed by atoms with E-state index in [1.54, 1.807) is 70.3 Å². The molecule has 3 nitrogen and oxygen atoms in total. The molecule has 3 aromatic rings. The first-order valence-corrected chi connectivity index (χ1v) is 8.58. The third kappa shape index (κ3) is 3.72. The molecule has 0 bridgehead atoms. The molecule has 0 atom stereocenters. The number of hydrogen-bond acceptors (Lipinski definition) is 3. The van der Waals surface area contributed by atoms with Crippen LogP contribution >= 0.6 is 46.0 Å². The molecule has 0 aliphatic heterocycles. The molecule has 0 unspecified atom stereocenters. The Morgan fingerprint density at radius 2 is 1.57 bits per heavy atom. The summed E-state index contributed by atoms with van der Waals surface area (Å²) in [6.07, 6.45) is 1.74. The zero-order valence-corrected chi connectivity index (χ0v) is 16.2. The fourth-order valence-electron chi connectivity index (χ4n) is 2.33. The number of fused-ring (bicyclic) bond motifs is 1. The Morgan fingerprint density at radius 1 is 0.826 bits per heavy atom. The normalized spacial score (nSPS) is 11.5. The van der Waals surface area contributed by atoms with Crippen molar-refractivity contribution in [3.63, 3.8) is 0 Å². The van der Waals surface area contributed by atoms with Gasteiger partial charge in [-0.15, -0.1) is 0 Å². The first kappa shape index (κ1) is 16.4. The molecular weight excluding hydrogens is 518 g/mol. The predicted molar refractivity (Wildman–Crippen MR) is 110 cm³/mol. The smallest absolute Gasteiger partial charge is 0.192 e. The number of halogens is 2. The molecule has 0 saturated carbocycles. The zero-order valence-electron chi connectivity index (χ0n) is 11.9. The molecule has 0 amide bonds. The first-order chi connectivity index (χ1) is 11.2. The van der Waals surface area contributed by atoms with Gasteiger partial charge in [0.1, 0.15) is 5.76 Å². The summed E-state index contributed by atoms with van der Waals surface area (Å²) in [5.41, 5.74) is 1.61. The van der Waals surface area contributed by atoms with E-state index in [1.165, 1.54) is 5.39 Å². The summed E-state index contributed by atoms with van der Waals surface area (Å²) >= 11 is 3.59. The maximum atomic E-state index is 10.4. The zero-order chi connectivity index (χ0) is 16.2. The molecule has 0 radical (unpaired) electrons. The second-order valence-electron chi connectivity index (χ2n) is 4.95. The third-order valence-corrected chi connectivity index (χ3v) is 4.43. The number of hydrogen-bond donors (Lipinski definition) is 1. The van der Waals surface area contributed by atoms with E-state index in [4.69, 9.17) is 6.13 Å². The van der Waals surface area contributed by atoms with Crippen LogP contribution in [0.25, 0.3) is 22.6 Å². The standard InChI is InChI=1S/C18H12I2O3/c19-22-17-8-7-15(11-18(17)23-20)16(21)10-12-5-6-13-3-1-2-4-14(13)9-12/h1-11,21H/b16-10-. The predicted octanol–water partition coefficient (Wildman–Crippen LogP) is 6.35. The van der Waals surface area contributed by atoms with Gasteiger partial charge in [0, 0.05) is 5.56 Å². The topological polar surface area (TPSA) is 38.7 Å². The van der Waals surface area contributed by atoms with Gasteiger partial charge in [-0.25, -0.2) is 0 Å². The SMILES string of the molecule is O/C(=C\c1ccc2ccccc2c1)c1ccc(OI)c(OI)c1.